The zero-order chi connectivity index (χ0) is 15.5. The Bertz CT molecular complexity index is 434. The maximum atomic E-state index is 11.6. The van der Waals surface area contributed by atoms with Crippen LogP contribution in [-0.4, -0.2) is 24.5 Å². The predicted molar refractivity (Wildman–Crippen MR) is 71.9 cm³/mol. The van der Waals surface area contributed by atoms with E-state index in [9.17, 15) is 9.59 Å². The Hall–Kier alpha value is -2.34. The average Bonchev–Trinajstić information content (AvgIpc) is 2.44. The lowest BCUT2D eigenvalue weighted by atomic mass is 10.0. The van der Waals surface area contributed by atoms with Crippen LogP contribution < -0.4 is 5.32 Å². The molecule has 1 N–H and O–H groups in total. The second kappa shape index (κ2) is 9.57. The molecule has 0 radical (unpaired) electrons. The largest absolute Gasteiger partial charge is 0.462 e. The quantitative estimate of drug-likeness (QED) is 0.532. The fourth-order valence-electron chi connectivity index (χ4n) is 1.36. The highest BCUT2D eigenvalue weighted by Crippen LogP contribution is 2.12. The molecule has 3 atom stereocenters. The Kier molecular flexibility index (Phi) is 8.45. The zero-order valence-corrected chi connectivity index (χ0v) is 11.8. The minimum atomic E-state index is -0.819. The molecule has 1 amide bonds. The maximum absolute atomic E-state index is 11.6. The molecule has 0 heterocycles. The van der Waals surface area contributed by atoms with E-state index in [1.807, 2.05) is 6.07 Å². The van der Waals surface area contributed by atoms with Crippen LogP contribution in [0.4, 0.5) is 0 Å². The van der Waals surface area contributed by atoms with E-state index in [0.717, 1.165) is 0 Å². The molecule has 0 bridgehead atoms. The molecule has 0 aromatic heterocycles. The van der Waals surface area contributed by atoms with Gasteiger partial charge in [0.1, 0.15) is 11.8 Å². The summed E-state index contributed by atoms with van der Waals surface area (Å²) in [6.45, 7) is 6.89. The Morgan fingerprint density at radius 1 is 1.30 bits per heavy atom. The summed E-state index contributed by atoms with van der Waals surface area (Å²) in [5, 5.41) is 20.0. The van der Waals surface area contributed by atoms with Crippen molar-refractivity contribution in [3.05, 3.63) is 12.7 Å². The van der Waals surface area contributed by atoms with Crippen LogP contribution in [-0.2, 0) is 14.3 Å². The number of hydrogen-bond donors (Lipinski definition) is 1. The van der Waals surface area contributed by atoms with Crippen molar-refractivity contribution in [1.29, 1.82) is 10.5 Å². The van der Waals surface area contributed by atoms with Gasteiger partial charge in [0.05, 0.1) is 18.2 Å². The lowest BCUT2D eigenvalue weighted by Gasteiger charge is -2.15. The average molecular weight is 277 g/mol. The van der Waals surface area contributed by atoms with Crippen LogP contribution in [0.2, 0.25) is 0 Å². The van der Waals surface area contributed by atoms with Crippen LogP contribution in [0.1, 0.15) is 26.7 Å². The summed E-state index contributed by atoms with van der Waals surface area (Å²) in [5.74, 6) is -2.56. The highest BCUT2D eigenvalue weighted by molar-refractivity contribution is 5.81. The molecule has 0 saturated heterocycles. The standard InChI is InChI=1S/C14H19N3O3/c1-4-7-17-13(18)12(9-16)6-5-11(3)20-14(19)10(2)8-15/h4,10-12H,1,5-7H2,2-3H3,(H,17,18). The minimum Gasteiger partial charge on any atom is -0.462 e. The van der Waals surface area contributed by atoms with Crippen molar-refractivity contribution in [1.82, 2.24) is 5.32 Å². The van der Waals surface area contributed by atoms with Gasteiger partial charge >= 0.3 is 5.97 Å². The van der Waals surface area contributed by atoms with Crippen LogP contribution in [0.5, 0.6) is 0 Å². The molecule has 0 aliphatic rings. The van der Waals surface area contributed by atoms with Gasteiger partial charge in [0, 0.05) is 6.54 Å². The van der Waals surface area contributed by atoms with Crippen LogP contribution in [0, 0.1) is 34.5 Å². The third-order valence-electron chi connectivity index (χ3n) is 2.62. The second-order valence-corrected chi connectivity index (χ2v) is 4.39. The molecule has 0 spiro atoms. The van der Waals surface area contributed by atoms with Crippen LogP contribution in [0.3, 0.4) is 0 Å². The lowest BCUT2D eigenvalue weighted by Crippen LogP contribution is -2.31. The first kappa shape index (κ1) is 17.7. The first-order chi connectivity index (χ1) is 9.46. The van der Waals surface area contributed by atoms with Crippen molar-refractivity contribution in [3.63, 3.8) is 0 Å². The molecular formula is C14H19N3O3. The maximum Gasteiger partial charge on any atom is 0.323 e. The fourth-order valence-corrected chi connectivity index (χ4v) is 1.36. The van der Waals surface area contributed by atoms with Crippen molar-refractivity contribution in [2.75, 3.05) is 6.54 Å². The molecule has 0 saturated carbocycles. The topological polar surface area (TPSA) is 103 Å². The Balaban J connectivity index is 4.21. The monoisotopic (exact) mass is 277 g/mol. The van der Waals surface area contributed by atoms with Gasteiger partial charge in [-0.2, -0.15) is 10.5 Å². The number of carbonyl (C=O) groups is 2. The SMILES string of the molecule is C=CCNC(=O)C(C#N)CCC(C)OC(=O)C(C)C#N. The van der Waals surface area contributed by atoms with Crippen LogP contribution in [0.15, 0.2) is 12.7 Å². The van der Waals surface area contributed by atoms with Gasteiger partial charge in [-0.3, -0.25) is 9.59 Å². The summed E-state index contributed by atoms with van der Waals surface area (Å²) in [7, 11) is 0. The smallest absolute Gasteiger partial charge is 0.323 e. The Labute approximate surface area is 119 Å². The molecule has 0 aromatic rings. The summed E-state index contributed by atoms with van der Waals surface area (Å²) in [5.41, 5.74) is 0. The Morgan fingerprint density at radius 3 is 2.45 bits per heavy atom. The molecule has 6 nitrogen and oxygen atoms in total. The van der Waals surface area contributed by atoms with Crippen LogP contribution in [0.25, 0.3) is 0 Å². The number of esters is 1. The van der Waals surface area contributed by atoms with E-state index in [-0.39, 0.29) is 12.3 Å². The normalized spacial score (nSPS) is 14.0. The van der Waals surface area contributed by atoms with Gasteiger partial charge in [0.25, 0.3) is 0 Å². The van der Waals surface area contributed by atoms with Crippen molar-refractivity contribution < 1.29 is 14.3 Å². The highest BCUT2D eigenvalue weighted by Gasteiger charge is 2.21. The van der Waals surface area contributed by atoms with Crippen molar-refractivity contribution in [3.8, 4) is 12.1 Å². The van der Waals surface area contributed by atoms with E-state index in [1.165, 1.54) is 13.0 Å². The number of amides is 1. The minimum absolute atomic E-state index is 0.287. The van der Waals surface area contributed by atoms with Crippen molar-refractivity contribution >= 4 is 11.9 Å². The third-order valence-corrected chi connectivity index (χ3v) is 2.62. The first-order valence-electron chi connectivity index (χ1n) is 6.34. The summed E-state index contributed by atoms with van der Waals surface area (Å²) in [6, 6.07) is 3.70. The predicted octanol–water partition coefficient (Wildman–Crippen LogP) is 1.30. The van der Waals surface area contributed by atoms with Gasteiger partial charge in [-0.1, -0.05) is 6.08 Å². The Morgan fingerprint density at radius 2 is 1.95 bits per heavy atom. The number of carbonyl (C=O) groups excluding carboxylic acids is 2. The van der Waals surface area contributed by atoms with E-state index >= 15 is 0 Å². The molecule has 0 rings (SSSR count). The molecular weight excluding hydrogens is 258 g/mol. The number of nitrogens with one attached hydrogen (secondary N) is 1. The van der Waals surface area contributed by atoms with Gasteiger partial charge < -0.3 is 10.1 Å². The van der Waals surface area contributed by atoms with E-state index < -0.39 is 23.9 Å². The van der Waals surface area contributed by atoms with E-state index in [1.54, 1.807) is 13.0 Å². The van der Waals surface area contributed by atoms with Gasteiger partial charge in [0.15, 0.2) is 0 Å². The van der Waals surface area contributed by atoms with Crippen molar-refractivity contribution in [2.24, 2.45) is 11.8 Å². The fraction of sp³-hybridized carbons (Fsp3) is 0.571. The molecule has 0 aromatic carbocycles. The van der Waals surface area contributed by atoms with Crippen molar-refractivity contribution in [2.45, 2.75) is 32.8 Å². The molecule has 20 heavy (non-hydrogen) atoms. The zero-order valence-electron chi connectivity index (χ0n) is 11.8. The number of hydrogen-bond acceptors (Lipinski definition) is 5. The molecule has 3 unspecified atom stereocenters. The van der Waals surface area contributed by atoms with Gasteiger partial charge in [-0.05, 0) is 26.7 Å². The first-order valence-corrected chi connectivity index (χ1v) is 6.34. The number of nitriles is 2. The highest BCUT2D eigenvalue weighted by atomic mass is 16.5. The summed E-state index contributed by atoms with van der Waals surface area (Å²) in [6.07, 6.45) is 1.75. The lowest BCUT2D eigenvalue weighted by molar-refractivity contribution is -0.151. The van der Waals surface area contributed by atoms with Gasteiger partial charge in [0.2, 0.25) is 5.91 Å². The summed E-state index contributed by atoms with van der Waals surface area (Å²) < 4.78 is 5.04. The molecule has 6 heteroatoms. The molecule has 0 fully saturated rings. The number of rotatable bonds is 8. The summed E-state index contributed by atoms with van der Waals surface area (Å²) >= 11 is 0. The van der Waals surface area contributed by atoms with Gasteiger partial charge in [-0.15, -0.1) is 6.58 Å². The van der Waals surface area contributed by atoms with E-state index in [0.29, 0.717) is 13.0 Å². The molecule has 0 aliphatic carbocycles. The molecule has 0 aliphatic heterocycles. The van der Waals surface area contributed by atoms with E-state index in [2.05, 4.69) is 11.9 Å². The number of ether oxygens (including phenoxy) is 1. The number of nitrogens with zero attached hydrogens (tertiary/aromatic N) is 2. The van der Waals surface area contributed by atoms with Crippen LogP contribution >= 0.6 is 0 Å². The summed E-state index contributed by atoms with van der Waals surface area (Å²) in [4.78, 5) is 23.0. The van der Waals surface area contributed by atoms with E-state index in [4.69, 9.17) is 15.3 Å². The second-order valence-electron chi connectivity index (χ2n) is 4.39. The van der Waals surface area contributed by atoms with Gasteiger partial charge in [-0.25, -0.2) is 0 Å². The molecule has 108 valence electrons. The third kappa shape index (κ3) is 6.55.